The maximum Gasteiger partial charge on any atom is 0.240 e. The number of pyridine rings is 1. The maximum atomic E-state index is 10.9. The van der Waals surface area contributed by atoms with Crippen molar-refractivity contribution in [2.45, 2.75) is 4.90 Å². The van der Waals surface area contributed by atoms with Gasteiger partial charge in [0.2, 0.25) is 10.0 Å². The molecule has 0 spiro atoms. The third-order valence-corrected chi connectivity index (χ3v) is 2.15. The molecule has 0 aromatic carbocycles. The van der Waals surface area contributed by atoms with E-state index in [4.69, 9.17) is 10.7 Å². The first-order chi connectivity index (χ1) is 6.05. The Bertz CT molecular complexity index is 462. The van der Waals surface area contributed by atoms with Gasteiger partial charge in [0.1, 0.15) is 4.90 Å². The van der Waals surface area contributed by atoms with Crippen LogP contribution in [-0.2, 0) is 10.0 Å². The molecule has 68 valence electrons. The fourth-order valence-corrected chi connectivity index (χ4v) is 1.33. The molecule has 13 heavy (non-hydrogen) atoms. The summed E-state index contributed by atoms with van der Waals surface area (Å²) in [5.41, 5.74) is 8.06. The number of aromatic nitrogens is 1. The quantitative estimate of drug-likeness (QED) is 0.427. The lowest BCUT2D eigenvalue weighted by Gasteiger charge is -1.99. The third-order valence-electron chi connectivity index (χ3n) is 1.22. The predicted octanol–water partition coefficient (Wildman–Crippen LogP) is 0.671. The number of nitrogens with two attached hydrogens (primary N) is 1. The fourth-order valence-electron chi connectivity index (χ4n) is 0.723. The topological polar surface area (TPSA) is 122 Å². The van der Waals surface area contributed by atoms with Gasteiger partial charge in [-0.25, -0.2) is 13.6 Å². The van der Waals surface area contributed by atoms with Gasteiger partial charge in [0, 0.05) is 17.3 Å². The van der Waals surface area contributed by atoms with Crippen LogP contribution in [0.15, 0.2) is 28.5 Å². The number of primary sulfonamides is 1. The highest BCUT2D eigenvalue weighted by atomic mass is 32.2. The largest absolute Gasteiger partial charge is 0.263 e. The Balaban J connectivity index is 3.45. The molecule has 0 saturated carbocycles. The normalized spacial score (nSPS) is 10.5. The lowest BCUT2D eigenvalue weighted by atomic mass is 10.4. The van der Waals surface area contributed by atoms with Crippen LogP contribution in [0, 0.1) is 0 Å². The van der Waals surface area contributed by atoms with Gasteiger partial charge in [-0.3, -0.25) is 4.98 Å². The van der Waals surface area contributed by atoms with Crippen LogP contribution >= 0.6 is 0 Å². The molecule has 0 unspecified atom stereocenters. The molecule has 1 aromatic rings. The zero-order chi connectivity index (χ0) is 9.90. The van der Waals surface area contributed by atoms with Crippen molar-refractivity contribution in [2.24, 2.45) is 10.3 Å². The molecular formula is C5H5N5O2S. The molecule has 7 nitrogen and oxygen atoms in total. The minimum atomic E-state index is -3.88. The molecule has 0 atom stereocenters. The smallest absolute Gasteiger partial charge is 0.240 e. The van der Waals surface area contributed by atoms with Gasteiger partial charge >= 0.3 is 0 Å². The predicted molar refractivity (Wildman–Crippen MR) is 44.4 cm³/mol. The summed E-state index contributed by atoms with van der Waals surface area (Å²) >= 11 is 0. The first-order valence-electron chi connectivity index (χ1n) is 3.07. The monoisotopic (exact) mass is 199 g/mol. The summed E-state index contributed by atoms with van der Waals surface area (Å²) in [5.74, 6) is 0. The molecule has 2 N–H and O–H groups in total. The summed E-state index contributed by atoms with van der Waals surface area (Å²) in [4.78, 5) is 5.72. The Morgan fingerprint density at radius 1 is 1.62 bits per heavy atom. The molecule has 1 aromatic heterocycles. The van der Waals surface area contributed by atoms with Crippen LogP contribution in [0.5, 0.6) is 0 Å². The van der Waals surface area contributed by atoms with E-state index in [1.165, 1.54) is 12.3 Å². The van der Waals surface area contributed by atoms with Crippen molar-refractivity contribution >= 4 is 15.7 Å². The van der Waals surface area contributed by atoms with Gasteiger partial charge in [-0.2, -0.15) is 0 Å². The zero-order valence-electron chi connectivity index (χ0n) is 6.32. The Morgan fingerprint density at radius 2 is 2.31 bits per heavy atom. The highest BCUT2D eigenvalue weighted by Gasteiger charge is 2.11. The van der Waals surface area contributed by atoms with Gasteiger partial charge in [0.05, 0.1) is 5.69 Å². The molecule has 0 bridgehead atoms. The number of hydrogen-bond acceptors (Lipinski definition) is 4. The van der Waals surface area contributed by atoms with E-state index in [9.17, 15) is 8.42 Å². The van der Waals surface area contributed by atoms with E-state index in [0.29, 0.717) is 0 Å². The summed E-state index contributed by atoms with van der Waals surface area (Å²) in [7, 11) is -3.88. The van der Waals surface area contributed by atoms with Crippen molar-refractivity contribution in [3.05, 3.63) is 28.9 Å². The molecular weight excluding hydrogens is 194 g/mol. The summed E-state index contributed by atoms with van der Waals surface area (Å²) < 4.78 is 21.8. The molecule has 0 radical (unpaired) electrons. The second-order valence-corrected chi connectivity index (χ2v) is 3.61. The molecule has 0 amide bonds. The van der Waals surface area contributed by atoms with Crippen molar-refractivity contribution in [2.75, 3.05) is 0 Å². The van der Waals surface area contributed by atoms with Gasteiger partial charge in [-0.15, -0.1) is 0 Å². The van der Waals surface area contributed by atoms with E-state index in [1.54, 1.807) is 0 Å². The average molecular weight is 199 g/mol. The van der Waals surface area contributed by atoms with E-state index < -0.39 is 10.0 Å². The lowest BCUT2D eigenvalue weighted by Crippen LogP contribution is -2.12. The van der Waals surface area contributed by atoms with Crippen molar-refractivity contribution in [3.63, 3.8) is 0 Å². The average Bonchev–Trinajstić information content (AvgIpc) is 2.04. The van der Waals surface area contributed by atoms with Crippen LogP contribution in [0.25, 0.3) is 10.4 Å². The van der Waals surface area contributed by atoms with Crippen LogP contribution in [0.1, 0.15) is 0 Å². The van der Waals surface area contributed by atoms with E-state index >= 15 is 0 Å². The van der Waals surface area contributed by atoms with E-state index in [2.05, 4.69) is 15.0 Å². The molecule has 0 aliphatic rings. The van der Waals surface area contributed by atoms with Gasteiger partial charge < -0.3 is 0 Å². The van der Waals surface area contributed by atoms with Crippen LogP contribution in [0.4, 0.5) is 5.69 Å². The second-order valence-electron chi connectivity index (χ2n) is 2.08. The zero-order valence-corrected chi connectivity index (χ0v) is 7.14. The fraction of sp³-hybridized carbons (Fsp3) is 0. The van der Waals surface area contributed by atoms with Gasteiger partial charge in [-0.1, -0.05) is 5.11 Å². The first-order valence-corrected chi connectivity index (χ1v) is 4.62. The molecule has 0 saturated heterocycles. The van der Waals surface area contributed by atoms with Crippen molar-refractivity contribution < 1.29 is 8.42 Å². The summed E-state index contributed by atoms with van der Waals surface area (Å²) in [6.45, 7) is 0. The highest BCUT2D eigenvalue weighted by molar-refractivity contribution is 7.89. The Morgan fingerprint density at radius 3 is 2.85 bits per heavy atom. The Hall–Kier alpha value is -1.63. The molecule has 0 fully saturated rings. The van der Waals surface area contributed by atoms with E-state index in [0.717, 1.165) is 6.20 Å². The second kappa shape index (κ2) is 3.40. The molecule has 0 aliphatic carbocycles. The minimum absolute atomic E-state index is 0.0556. The van der Waals surface area contributed by atoms with Crippen molar-refractivity contribution in [1.29, 1.82) is 0 Å². The summed E-state index contributed by atoms with van der Waals surface area (Å²) in [6, 6.07) is 1.26. The van der Waals surface area contributed by atoms with Crippen molar-refractivity contribution in [1.82, 2.24) is 4.98 Å². The first kappa shape index (κ1) is 9.46. The highest BCUT2D eigenvalue weighted by Crippen LogP contribution is 2.20. The van der Waals surface area contributed by atoms with Crippen LogP contribution in [-0.4, -0.2) is 13.4 Å². The van der Waals surface area contributed by atoms with Crippen LogP contribution in [0.2, 0.25) is 0 Å². The number of azide groups is 1. The molecule has 1 heterocycles. The van der Waals surface area contributed by atoms with Crippen LogP contribution < -0.4 is 5.14 Å². The third kappa shape index (κ3) is 2.15. The van der Waals surface area contributed by atoms with Gasteiger partial charge in [0.25, 0.3) is 0 Å². The van der Waals surface area contributed by atoms with Gasteiger partial charge in [0.15, 0.2) is 0 Å². The maximum absolute atomic E-state index is 10.9. The molecule has 8 heteroatoms. The number of sulfonamides is 1. The van der Waals surface area contributed by atoms with E-state index in [-0.39, 0.29) is 10.6 Å². The van der Waals surface area contributed by atoms with Crippen LogP contribution in [0.3, 0.4) is 0 Å². The lowest BCUT2D eigenvalue weighted by molar-refractivity contribution is 0.597. The summed E-state index contributed by atoms with van der Waals surface area (Å²) in [6.07, 6.45) is 2.33. The summed E-state index contributed by atoms with van der Waals surface area (Å²) in [5, 5.41) is 7.99. The number of hydrogen-bond donors (Lipinski definition) is 1. The Labute approximate surface area is 73.9 Å². The molecule has 0 aliphatic heterocycles. The van der Waals surface area contributed by atoms with E-state index in [1.807, 2.05) is 0 Å². The standard InChI is InChI=1S/C5H5N5O2S/c6-10-9-4-1-2-8-3-5(4)13(7,11)12/h1-3H,(H2,7,11,12). The number of rotatable bonds is 2. The molecule has 1 rings (SSSR count). The van der Waals surface area contributed by atoms with Gasteiger partial charge in [-0.05, 0) is 11.6 Å². The minimum Gasteiger partial charge on any atom is -0.263 e. The number of nitrogens with zero attached hydrogens (tertiary/aromatic N) is 4. The SMILES string of the molecule is [N-]=[N+]=Nc1ccncc1S(N)(=O)=O. The van der Waals surface area contributed by atoms with Crippen molar-refractivity contribution in [3.8, 4) is 0 Å². The Kier molecular flexibility index (Phi) is 2.47.